The fraction of sp³-hybridized carbons (Fsp3) is 0.250. The molecule has 0 saturated carbocycles. The molecule has 0 aromatic heterocycles. The highest BCUT2D eigenvalue weighted by atomic mass is 16.5. The van der Waals surface area contributed by atoms with Crippen molar-refractivity contribution in [1.29, 1.82) is 0 Å². The van der Waals surface area contributed by atoms with E-state index in [1.807, 2.05) is 74.5 Å². The Morgan fingerprint density at radius 2 is 1.53 bits per heavy atom. The molecule has 3 aromatic rings. The fourth-order valence-corrected chi connectivity index (χ4v) is 2.98. The monoisotopic (exact) mass is 406 g/mol. The summed E-state index contributed by atoms with van der Waals surface area (Å²) in [4.78, 5) is 24.7. The number of aryl methyl sites for hydroxylation is 1. The zero-order valence-corrected chi connectivity index (χ0v) is 17.3. The molecule has 0 heterocycles. The minimum absolute atomic E-state index is 0.426. The maximum absolute atomic E-state index is 12.4. The second-order valence-electron chi connectivity index (χ2n) is 7.08. The fourth-order valence-electron chi connectivity index (χ4n) is 2.98. The molecule has 0 fully saturated rings. The molecule has 156 valence electrons. The zero-order chi connectivity index (χ0) is 21.5. The standard InChI is InChI=1S/C24H26N2O4/c1-4-22(30-20-11-7-8-16(2)14-20)24(28)26-25-23(27)17(3)29-21-13-12-18-9-5-6-10-19(18)15-21/h5-15,17,22H,4H2,1-3H3,(H,25,27)(H,26,28). The van der Waals surface area contributed by atoms with Crippen LogP contribution < -0.4 is 20.3 Å². The van der Waals surface area contributed by atoms with Gasteiger partial charge in [0.05, 0.1) is 0 Å². The molecule has 0 spiro atoms. The van der Waals surface area contributed by atoms with E-state index in [2.05, 4.69) is 10.9 Å². The number of rotatable bonds is 7. The Morgan fingerprint density at radius 3 is 2.27 bits per heavy atom. The van der Waals surface area contributed by atoms with Crippen LogP contribution in [0.15, 0.2) is 66.7 Å². The molecule has 2 unspecified atom stereocenters. The molecule has 3 rings (SSSR count). The smallest absolute Gasteiger partial charge is 0.279 e. The van der Waals surface area contributed by atoms with Gasteiger partial charge in [-0.15, -0.1) is 0 Å². The summed E-state index contributed by atoms with van der Waals surface area (Å²) in [7, 11) is 0. The Morgan fingerprint density at radius 1 is 0.833 bits per heavy atom. The first kappa shape index (κ1) is 21.2. The number of ether oxygens (including phenoxy) is 2. The third-order valence-electron chi connectivity index (χ3n) is 4.64. The maximum atomic E-state index is 12.4. The minimum atomic E-state index is -0.788. The van der Waals surface area contributed by atoms with E-state index in [9.17, 15) is 9.59 Å². The number of amides is 2. The molecule has 30 heavy (non-hydrogen) atoms. The van der Waals surface area contributed by atoms with Crippen LogP contribution in [0.5, 0.6) is 11.5 Å². The van der Waals surface area contributed by atoms with E-state index in [1.54, 1.807) is 13.0 Å². The number of benzene rings is 3. The molecular formula is C24H26N2O4. The Bertz CT molecular complexity index is 1030. The van der Waals surface area contributed by atoms with Crippen LogP contribution in [-0.2, 0) is 9.59 Å². The van der Waals surface area contributed by atoms with Gasteiger partial charge >= 0.3 is 0 Å². The van der Waals surface area contributed by atoms with E-state index in [1.165, 1.54) is 0 Å². The van der Waals surface area contributed by atoms with Gasteiger partial charge in [0.15, 0.2) is 12.2 Å². The lowest BCUT2D eigenvalue weighted by Gasteiger charge is -2.19. The third-order valence-corrected chi connectivity index (χ3v) is 4.64. The molecule has 0 bridgehead atoms. The summed E-state index contributed by atoms with van der Waals surface area (Å²) in [5.41, 5.74) is 5.87. The lowest BCUT2D eigenvalue weighted by atomic mass is 10.1. The van der Waals surface area contributed by atoms with Crippen LogP contribution in [-0.4, -0.2) is 24.0 Å². The summed E-state index contributed by atoms with van der Waals surface area (Å²) in [6.07, 6.45) is -1.05. The predicted octanol–water partition coefficient (Wildman–Crippen LogP) is 3.92. The summed E-state index contributed by atoms with van der Waals surface area (Å²) in [5.74, 6) is 0.306. The molecule has 2 N–H and O–H groups in total. The molecule has 2 atom stereocenters. The summed E-state index contributed by atoms with van der Waals surface area (Å²) < 4.78 is 11.5. The van der Waals surface area contributed by atoms with E-state index >= 15 is 0 Å². The molecule has 2 amide bonds. The van der Waals surface area contributed by atoms with Crippen LogP contribution in [0.2, 0.25) is 0 Å². The highest BCUT2D eigenvalue weighted by Gasteiger charge is 2.21. The van der Waals surface area contributed by atoms with Crippen molar-refractivity contribution in [2.45, 2.75) is 39.4 Å². The van der Waals surface area contributed by atoms with Crippen molar-refractivity contribution in [3.8, 4) is 11.5 Å². The summed E-state index contributed by atoms with van der Waals surface area (Å²) >= 11 is 0. The Balaban J connectivity index is 1.53. The van der Waals surface area contributed by atoms with Crippen LogP contribution in [0, 0.1) is 6.92 Å². The van der Waals surface area contributed by atoms with E-state index in [4.69, 9.17) is 9.47 Å². The van der Waals surface area contributed by atoms with Gasteiger partial charge in [-0.2, -0.15) is 0 Å². The van der Waals surface area contributed by atoms with Crippen molar-refractivity contribution in [3.63, 3.8) is 0 Å². The summed E-state index contributed by atoms with van der Waals surface area (Å²) in [5, 5.41) is 2.11. The number of hydrogen-bond acceptors (Lipinski definition) is 4. The lowest BCUT2D eigenvalue weighted by molar-refractivity contribution is -0.135. The normalized spacial score (nSPS) is 12.6. The number of nitrogens with one attached hydrogen (secondary N) is 2. The predicted molar refractivity (Wildman–Crippen MR) is 116 cm³/mol. The molecule has 0 aliphatic rings. The van der Waals surface area contributed by atoms with Gasteiger partial charge in [-0.1, -0.05) is 49.4 Å². The van der Waals surface area contributed by atoms with Gasteiger partial charge in [-0.3, -0.25) is 20.4 Å². The molecule has 0 aliphatic carbocycles. The van der Waals surface area contributed by atoms with Crippen LogP contribution in [0.3, 0.4) is 0 Å². The van der Waals surface area contributed by atoms with Gasteiger partial charge in [0.1, 0.15) is 11.5 Å². The Hall–Kier alpha value is -3.54. The van der Waals surface area contributed by atoms with E-state index in [0.29, 0.717) is 17.9 Å². The van der Waals surface area contributed by atoms with Crippen molar-refractivity contribution in [3.05, 3.63) is 72.3 Å². The van der Waals surface area contributed by atoms with Crippen molar-refractivity contribution >= 4 is 22.6 Å². The maximum Gasteiger partial charge on any atom is 0.279 e. The molecule has 0 saturated heterocycles. The molecular weight excluding hydrogens is 380 g/mol. The van der Waals surface area contributed by atoms with Gasteiger partial charge in [-0.05, 0) is 60.9 Å². The quantitative estimate of drug-likeness (QED) is 0.583. The number of carbonyl (C=O) groups is 2. The topological polar surface area (TPSA) is 76.7 Å². The van der Waals surface area contributed by atoms with Crippen molar-refractivity contribution < 1.29 is 19.1 Å². The lowest BCUT2D eigenvalue weighted by Crippen LogP contribution is -2.51. The molecule has 6 heteroatoms. The van der Waals surface area contributed by atoms with Crippen LogP contribution in [0.1, 0.15) is 25.8 Å². The number of carbonyl (C=O) groups excluding carboxylic acids is 2. The molecule has 3 aromatic carbocycles. The first-order chi connectivity index (χ1) is 14.5. The van der Waals surface area contributed by atoms with Crippen LogP contribution >= 0.6 is 0 Å². The summed E-state index contributed by atoms with van der Waals surface area (Å²) in [6, 6.07) is 21.0. The molecule has 0 aliphatic heterocycles. The third kappa shape index (κ3) is 5.50. The first-order valence-corrected chi connectivity index (χ1v) is 9.94. The number of fused-ring (bicyclic) bond motifs is 1. The number of hydrazine groups is 1. The van der Waals surface area contributed by atoms with Gasteiger partial charge < -0.3 is 9.47 Å². The van der Waals surface area contributed by atoms with Crippen LogP contribution in [0.25, 0.3) is 10.8 Å². The van der Waals surface area contributed by atoms with Crippen molar-refractivity contribution in [1.82, 2.24) is 10.9 Å². The van der Waals surface area contributed by atoms with E-state index in [-0.39, 0.29) is 0 Å². The van der Waals surface area contributed by atoms with Gasteiger partial charge in [0.25, 0.3) is 11.8 Å². The summed E-state index contributed by atoms with van der Waals surface area (Å²) in [6.45, 7) is 5.41. The van der Waals surface area contributed by atoms with Crippen LogP contribution in [0.4, 0.5) is 0 Å². The average molecular weight is 406 g/mol. The van der Waals surface area contributed by atoms with Gasteiger partial charge in [-0.25, -0.2) is 0 Å². The average Bonchev–Trinajstić information content (AvgIpc) is 2.75. The Labute approximate surface area is 176 Å². The number of hydrogen-bond donors (Lipinski definition) is 2. The second-order valence-corrected chi connectivity index (χ2v) is 7.08. The van der Waals surface area contributed by atoms with Crippen molar-refractivity contribution in [2.75, 3.05) is 0 Å². The zero-order valence-electron chi connectivity index (χ0n) is 17.3. The first-order valence-electron chi connectivity index (χ1n) is 9.94. The second kappa shape index (κ2) is 9.78. The minimum Gasteiger partial charge on any atom is -0.481 e. The van der Waals surface area contributed by atoms with Gasteiger partial charge in [0.2, 0.25) is 0 Å². The Kier molecular flexibility index (Phi) is 6.91. The molecule has 6 nitrogen and oxygen atoms in total. The molecule has 0 radical (unpaired) electrons. The highest BCUT2D eigenvalue weighted by molar-refractivity contribution is 5.87. The van der Waals surface area contributed by atoms with E-state index in [0.717, 1.165) is 16.3 Å². The van der Waals surface area contributed by atoms with E-state index < -0.39 is 24.0 Å². The van der Waals surface area contributed by atoms with Gasteiger partial charge in [0, 0.05) is 0 Å². The van der Waals surface area contributed by atoms with Crippen molar-refractivity contribution in [2.24, 2.45) is 0 Å². The largest absolute Gasteiger partial charge is 0.481 e. The SMILES string of the molecule is CCC(Oc1cccc(C)c1)C(=O)NNC(=O)C(C)Oc1ccc2ccccc2c1. The highest BCUT2D eigenvalue weighted by Crippen LogP contribution is 2.21.